The first-order valence-electron chi connectivity index (χ1n) is 8.08. The number of furan rings is 1. The zero-order valence-electron chi connectivity index (χ0n) is 13.3. The Morgan fingerprint density at radius 3 is 2.38 bits per heavy atom. The number of benzene rings is 3. The van der Waals surface area contributed by atoms with Crippen LogP contribution in [-0.2, 0) is 0 Å². The number of para-hydroxylation sites is 2. The summed E-state index contributed by atoms with van der Waals surface area (Å²) in [5.41, 5.74) is 6.15. The summed E-state index contributed by atoms with van der Waals surface area (Å²) in [7, 11) is 0. The van der Waals surface area contributed by atoms with E-state index in [4.69, 9.17) is 9.40 Å². The minimum atomic E-state index is 0.904. The SMILES string of the molecule is Cc1cc(-c2ccc3c(c2)oc2ccccc23)nc2ccccc12. The van der Waals surface area contributed by atoms with Gasteiger partial charge in [0, 0.05) is 21.7 Å². The summed E-state index contributed by atoms with van der Waals surface area (Å²) in [6, 6.07) is 24.9. The minimum absolute atomic E-state index is 0.904. The molecule has 114 valence electrons. The van der Waals surface area contributed by atoms with Crippen LogP contribution in [0.4, 0.5) is 0 Å². The zero-order valence-corrected chi connectivity index (χ0v) is 13.3. The van der Waals surface area contributed by atoms with Crippen LogP contribution >= 0.6 is 0 Å². The second kappa shape index (κ2) is 4.93. The van der Waals surface area contributed by atoms with E-state index >= 15 is 0 Å². The maximum absolute atomic E-state index is 6.00. The number of hydrogen-bond donors (Lipinski definition) is 0. The van der Waals surface area contributed by atoms with E-state index in [1.54, 1.807) is 0 Å². The lowest BCUT2D eigenvalue weighted by Crippen LogP contribution is -1.88. The van der Waals surface area contributed by atoms with Gasteiger partial charge >= 0.3 is 0 Å². The highest BCUT2D eigenvalue weighted by atomic mass is 16.3. The van der Waals surface area contributed by atoms with E-state index in [1.165, 1.54) is 10.9 Å². The molecule has 0 atom stereocenters. The van der Waals surface area contributed by atoms with Crippen LogP contribution in [0.25, 0.3) is 44.1 Å². The van der Waals surface area contributed by atoms with Gasteiger partial charge in [0.15, 0.2) is 0 Å². The summed E-state index contributed by atoms with van der Waals surface area (Å²) >= 11 is 0. The molecule has 0 aliphatic rings. The molecule has 3 aromatic carbocycles. The second-order valence-electron chi connectivity index (χ2n) is 6.15. The van der Waals surface area contributed by atoms with E-state index in [2.05, 4.69) is 55.5 Å². The molecule has 0 fully saturated rings. The third kappa shape index (κ3) is 1.93. The molecule has 0 amide bonds. The average molecular weight is 309 g/mol. The largest absolute Gasteiger partial charge is 0.456 e. The Hall–Kier alpha value is -3.13. The topological polar surface area (TPSA) is 26.0 Å². The number of aryl methyl sites for hydroxylation is 1. The fourth-order valence-corrected chi connectivity index (χ4v) is 3.38. The lowest BCUT2D eigenvalue weighted by molar-refractivity contribution is 0.669. The number of aromatic nitrogens is 1. The van der Waals surface area contributed by atoms with Crippen LogP contribution in [0, 0.1) is 6.92 Å². The number of nitrogens with zero attached hydrogens (tertiary/aromatic N) is 1. The van der Waals surface area contributed by atoms with Crippen LogP contribution < -0.4 is 0 Å². The summed E-state index contributed by atoms with van der Waals surface area (Å²) in [5.74, 6) is 0. The summed E-state index contributed by atoms with van der Waals surface area (Å²) in [5, 5.41) is 3.50. The Balaban J connectivity index is 1.75. The standard InChI is InChI=1S/C22H15NO/c1-14-12-20(23-19-8-4-2-6-16(14)19)15-10-11-18-17-7-3-5-9-21(17)24-22(18)13-15/h2-13H,1H3. The van der Waals surface area contributed by atoms with E-state index in [1.807, 2.05) is 24.3 Å². The van der Waals surface area contributed by atoms with Gasteiger partial charge in [0.05, 0.1) is 11.2 Å². The highest BCUT2D eigenvalue weighted by Gasteiger charge is 2.09. The molecule has 5 aromatic rings. The highest BCUT2D eigenvalue weighted by molar-refractivity contribution is 6.05. The van der Waals surface area contributed by atoms with Crippen molar-refractivity contribution in [1.82, 2.24) is 4.98 Å². The molecule has 0 saturated carbocycles. The monoisotopic (exact) mass is 309 g/mol. The van der Waals surface area contributed by atoms with Gasteiger partial charge in [-0.1, -0.05) is 42.5 Å². The van der Waals surface area contributed by atoms with Crippen LogP contribution in [0.15, 0.2) is 77.2 Å². The molecule has 0 unspecified atom stereocenters. The van der Waals surface area contributed by atoms with Gasteiger partial charge in [0.1, 0.15) is 11.2 Å². The van der Waals surface area contributed by atoms with Gasteiger partial charge in [0.25, 0.3) is 0 Å². The van der Waals surface area contributed by atoms with Gasteiger partial charge in [-0.05, 0) is 42.8 Å². The molecule has 0 N–H and O–H groups in total. The van der Waals surface area contributed by atoms with Crippen molar-refractivity contribution >= 4 is 32.8 Å². The molecule has 2 nitrogen and oxygen atoms in total. The maximum atomic E-state index is 6.00. The molecule has 0 aliphatic heterocycles. The molecule has 0 spiro atoms. The van der Waals surface area contributed by atoms with E-state index in [0.29, 0.717) is 0 Å². The Morgan fingerprint density at radius 2 is 1.46 bits per heavy atom. The Labute approximate surface area is 139 Å². The summed E-state index contributed by atoms with van der Waals surface area (Å²) < 4.78 is 6.00. The van der Waals surface area contributed by atoms with Crippen molar-refractivity contribution < 1.29 is 4.42 Å². The molecule has 0 saturated heterocycles. The van der Waals surface area contributed by atoms with Crippen LogP contribution in [0.1, 0.15) is 5.56 Å². The molecule has 24 heavy (non-hydrogen) atoms. The normalized spacial score (nSPS) is 11.5. The van der Waals surface area contributed by atoms with E-state index < -0.39 is 0 Å². The van der Waals surface area contributed by atoms with Gasteiger partial charge in [-0.15, -0.1) is 0 Å². The van der Waals surface area contributed by atoms with E-state index in [-0.39, 0.29) is 0 Å². The highest BCUT2D eigenvalue weighted by Crippen LogP contribution is 2.32. The van der Waals surface area contributed by atoms with E-state index in [0.717, 1.165) is 38.7 Å². The predicted molar refractivity (Wildman–Crippen MR) is 99.2 cm³/mol. The number of hydrogen-bond acceptors (Lipinski definition) is 2. The van der Waals surface area contributed by atoms with Gasteiger partial charge in [-0.2, -0.15) is 0 Å². The molecular weight excluding hydrogens is 294 g/mol. The Bertz CT molecular complexity index is 1220. The summed E-state index contributed by atoms with van der Waals surface area (Å²) in [6.07, 6.45) is 0. The van der Waals surface area contributed by atoms with Gasteiger partial charge in [-0.3, -0.25) is 0 Å². The lowest BCUT2D eigenvalue weighted by Gasteiger charge is -2.06. The Kier molecular flexibility index (Phi) is 2.74. The minimum Gasteiger partial charge on any atom is -0.456 e. The maximum Gasteiger partial charge on any atom is 0.136 e. The Morgan fingerprint density at radius 1 is 0.708 bits per heavy atom. The van der Waals surface area contributed by atoms with Gasteiger partial charge < -0.3 is 4.42 Å². The molecule has 0 radical (unpaired) electrons. The smallest absolute Gasteiger partial charge is 0.136 e. The van der Waals surface area contributed by atoms with Crippen LogP contribution in [0.3, 0.4) is 0 Å². The third-order valence-electron chi connectivity index (χ3n) is 4.60. The number of rotatable bonds is 1. The molecule has 2 heteroatoms. The van der Waals surface area contributed by atoms with Crippen molar-refractivity contribution in [2.24, 2.45) is 0 Å². The second-order valence-corrected chi connectivity index (χ2v) is 6.15. The first-order valence-corrected chi connectivity index (χ1v) is 8.08. The van der Waals surface area contributed by atoms with Crippen molar-refractivity contribution in [2.45, 2.75) is 6.92 Å². The van der Waals surface area contributed by atoms with Crippen LogP contribution in [0.5, 0.6) is 0 Å². The van der Waals surface area contributed by atoms with Crippen molar-refractivity contribution in [2.75, 3.05) is 0 Å². The lowest BCUT2D eigenvalue weighted by atomic mass is 10.0. The van der Waals surface area contributed by atoms with Gasteiger partial charge in [0.2, 0.25) is 0 Å². The number of pyridine rings is 1. The summed E-state index contributed by atoms with van der Waals surface area (Å²) in [4.78, 5) is 4.83. The molecule has 2 aromatic heterocycles. The molecule has 0 aliphatic carbocycles. The fraction of sp³-hybridized carbons (Fsp3) is 0.0455. The van der Waals surface area contributed by atoms with Crippen LogP contribution in [-0.4, -0.2) is 4.98 Å². The fourth-order valence-electron chi connectivity index (χ4n) is 3.38. The van der Waals surface area contributed by atoms with Crippen LogP contribution in [0.2, 0.25) is 0 Å². The van der Waals surface area contributed by atoms with Crippen molar-refractivity contribution in [1.29, 1.82) is 0 Å². The van der Waals surface area contributed by atoms with E-state index in [9.17, 15) is 0 Å². The van der Waals surface area contributed by atoms with Gasteiger partial charge in [-0.25, -0.2) is 4.98 Å². The molecule has 0 bridgehead atoms. The molecule has 2 heterocycles. The predicted octanol–water partition coefficient (Wildman–Crippen LogP) is 6.11. The molecule has 5 rings (SSSR count). The number of fused-ring (bicyclic) bond motifs is 4. The van der Waals surface area contributed by atoms with Crippen molar-refractivity contribution in [3.05, 3.63) is 78.4 Å². The quantitative estimate of drug-likeness (QED) is 0.373. The van der Waals surface area contributed by atoms with Crippen molar-refractivity contribution in [3.8, 4) is 11.3 Å². The first-order chi connectivity index (χ1) is 11.8. The molecular formula is C22H15NO. The first kappa shape index (κ1) is 13.3. The summed E-state index contributed by atoms with van der Waals surface area (Å²) in [6.45, 7) is 2.13. The average Bonchev–Trinajstić information content (AvgIpc) is 2.99. The zero-order chi connectivity index (χ0) is 16.1. The third-order valence-corrected chi connectivity index (χ3v) is 4.60. The van der Waals surface area contributed by atoms with Crippen molar-refractivity contribution in [3.63, 3.8) is 0 Å².